The highest BCUT2D eigenvalue weighted by Gasteiger charge is 2.07. The summed E-state index contributed by atoms with van der Waals surface area (Å²) >= 11 is 5.24. The summed E-state index contributed by atoms with van der Waals surface area (Å²) < 4.78 is 1.18. The van der Waals surface area contributed by atoms with Crippen molar-refractivity contribution in [3.63, 3.8) is 0 Å². The zero-order chi connectivity index (χ0) is 10.6. The van der Waals surface area contributed by atoms with Crippen LogP contribution < -0.4 is 0 Å². The Morgan fingerprint density at radius 1 is 1.57 bits per heavy atom. The molecule has 0 fully saturated rings. The molecule has 0 unspecified atom stereocenters. The van der Waals surface area contributed by atoms with Gasteiger partial charge in [0.1, 0.15) is 5.78 Å². The van der Waals surface area contributed by atoms with Gasteiger partial charge in [0.2, 0.25) is 0 Å². The molecule has 1 heterocycles. The van der Waals surface area contributed by atoms with E-state index in [4.69, 9.17) is 0 Å². The maximum Gasteiger partial charge on any atom is 0.135 e. The summed E-state index contributed by atoms with van der Waals surface area (Å²) in [7, 11) is 0. The van der Waals surface area contributed by atoms with Gasteiger partial charge in [-0.3, -0.25) is 4.79 Å². The maximum absolute atomic E-state index is 11.3. The second-order valence-corrected chi connectivity index (χ2v) is 5.52. The van der Waals surface area contributed by atoms with E-state index in [1.54, 1.807) is 11.3 Å². The standard InChI is InChI=1S/C11H15BrOS/c1-8(2)10(13)4-3-5-11-9(12)6-7-14-11/h6-8H,3-5H2,1-2H3. The third-order valence-electron chi connectivity index (χ3n) is 2.16. The fourth-order valence-electron chi connectivity index (χ4n) is 1.22. The van der Waals surface area contributed by atoms with Gasteiger partial charge in [0.25, 0.3) is 0 Å². The van der Waals surface area contributed by atoms with Gasteiger partial charge in [0.15, 0.2) is 0 Å². The quantitative estimate of drug-likeness (QED) is 0.792. The van der Waals surface area contributed by atoms with Gasteiger partial charge in [-0.25, -0.2) is 0 Å². The van der Waals surface area contributed by atoms with Crippen LogP contribution in [-0.4, -0.2) is 5.78 Å². The summed E-state index contributed by atoms with van der Waals surface area (Å²) in [5.74, 6) is 0.555. The average Bonchev–Trinajstić information content (AvgIpc) is 2.51. The van der Waals surface area contributed by atoms with Crippen LogP contribution in [0.15, 0.2) is 15.9 Å². The molecule has 0 aliphatic heterocycles. The van der Waals surface area contributed by atoms with Crippen LogP contribution in [0.25, 0.3) is 0 Å². The van der Waals surface area contributed by atoms with Gasteiger partial charge in [0, 0.05) is 21.7 Å². The fourth-order valence-corrected chi connectivity index (χ4v) is 2.81. The Bertz CT molecular complexity index is 304. The van der Waals surface area contributed by atoms with Crippen LogP contribution in [0.3, 0.4) is 0 Å². The van der Waals surface area contributed by atoms with Crippen LogP contribution in [0.4, 0.5) is 0 Å². The van der Waals surface area contributed by atoms with E-state index >= 15 is 0 Å². The highest BCUT2D eigenvalue weighted by atomic mass is 79.9. The van der Waals surface area contributed by atoms with E-state index in [1.807, 2.05) is 13.8 Å². The van der Waals surface area contributed by atoms with Crippen LogP contribution in [0, 0.1) is 5.92 Å². The molecule has 78 valence electrons. The van der Waals surface area contributed by atoms with Crippen molar-refractivity contribution in [3.8, 4) is 0 Å². The molecule has 0 aromatic carbocycles. The van der Waals surface area contributed by atoms with Gasteiger partial charge in [0.05, 0.1) is 0 Å². The number of carbonyl (C=O) groups is 1. The Hall–Kier alpha value is -0.150. The Balaban J connectivity index is 2.29. The lowest BCUT2D eigenvalue weighted by atomic mass is 10.0. The molecular weight excluding hydrogens is 260 g/mol. The first-order valence-corrected chi connectivity index (χ1v) is 6.53. The summed E-state index contributed by atoms with van der Waals surface area (Å²) in [5, 5.41) is 2.07. The Labute approximate surface area is 97.7 Å². The van der Waals surface area contributed by atoms with Gasteiger partial charge in [-0.2, -0.15) is 0 Å². The minimum Gasteiger partial charge on any atom is -0.299 e. The number of Topliss-reactive ketones (excluding diaryl/α,β-unsaturated/α-hetero) is 1. The van der Waals surface area contributed by atoms with Crippen molar-refractivity contribution in [1.82, 2.24) is 0 Å². The van der Waals surface area contributed by atoms with Crippen LogP contribution in [0.2, 0.25) is 0 Å². The lowest BCUT2D eigenvalue weighted by molar-refractivity contribution is -0.121. The number of aryl methyl sites for hydroxylation is 1. The van der Waals surface area contributed by atoms with E-state index in [0.29, 0.717) is 12.2 Å². The topological polar surface area (TPSA) is 17.1 Å². The van der Waals surface area contributed by atoms with Crippen molar-refractivity contribution in [1.29, 1.82) is 0 Å². The van der Waals surface area contributed by atoms with Crippen molar-refractivity contribution in [3.05, 3.63) is 20.8 Å². The molecule has 0 saturated carbocycles. The Morgan fingerprint density at radius 2 is 2.29 bits per heavy atom. The molecule has 0 N–H and O–H groups in total. The molecule has 0 aliphatic rings. The van der Waals surface area contributed by atoms with Crippen LogP contribution >= 0.6 is 27.3 Å². The number of carbonyl (C=O) groups excluding carboxylic acids is 1. The largest absolute Gasteiger partial charge is 0.299 e. The molecule has 0 atom stereocenters. The van der Waals surface area contributed by atoms with Crippen molar-refractivity contribution >= 4 is 33.0 Å². The average molecular weight is 275 g/mol. The van der Waals surface area contributed by atoms with Gasteiger partial charge in [-0.15, -0.1) is 11.3 Å². The predicted octanol–water partition coefficient (Wildman–Crippen LogP) is 4.06. The molecule has 0 amide bonds. The molecule has 0 saturated heterocycles. The zero-order valence-corrected chi connectivity index (χ0v) is 11.0. The van der Waals surface area contributed by atoms with E-state index in [-0.39, 0.29) is 5.92 Å². The second kappa shape index (κ2) is 5.66. The Kier molecular flexibility index (Phi) is 4.82. The van der Waals surface area contributed by atoms with Crippen LogP contribution in [0.5, 0.6) is 0 Å². The normalized spacial score (nSPS) is 10.9. The minimum absolute atomic E-state index is 0.182. The summed E-state index contributed by atoms with van der Waals surface area (Å²) in [6.45, 7) is 3.92. The first-order chi connectivity index (χ1) is 6.61. The minimum atomic E-state index is 0.182. The van der Waals surface area contributed by atoms with Crippen molar-refractivity contribution < 1.29 is 4.79 Å². The lowest BCUT2D eigenvalue weighted by Gasteiger charge is -2.02. The molecule has 0 spiro atoms. The number of hydrogen-bond acceptors (Lipinski definition) is 2. The van der Waals surface area contributed by atoms with Gasteiger partial charge < -0.3 is 0 Å². The smallest absolute Gasteiger partial charge is 0.135 e. The highest BCUT2D eigenvalue weighted by Crippen LogP contribution is 2.24. The van der Waals surface area contributed by atoms with Gasteiger partial charge in [-0.05, 0) is 40.2 Å². The number of rotatable bonds is 5. The highest BCUT2D eigenvalue weighted by molar-refractivity contribution is 9.10. The molecule has 0 radical (unpaired) electrons. The molecule has 0 bridgehead atoms. The van der Waals surface area contributed by atoms with E-state index in [1.165, 1.54) is 9.35 Å². The molecule has 0 aliphatic carbocycles. The van der Waals surface area contributed by atoms with E-state index in [9.17, 15) is 4.79 Å². The third-order valence-corrected chi connectivity index (χ3v) is 4.15. The Morgan fingerprint density at radius 3 is 2.79 bits per heavy atom. The van der Waals surface area contributed by atoms with Crippen LogP contribution in [0.1, 0.15) is 31.6 Å². The zero-order valence-electron chi connectivity index (χ0n) is 8.55. The summed E-state index contributed by atoms with van der Waals surface area (Å²) in [6, 6.07) is 2.06. The van der Waals surface area contributed by atoms with Crippen LogP contribution in [-0.2, 0) is 11.2 Å². The van der Waals surface area contributed by atoms with Gasteiger partial charge >= 0.3 is 0 Å². The summed E-state index contributed by atoms with van der Waals surface area (Å²) in [4.78, 5) is 12.7. The van der Waals surface area contributed by atoms with Crippen molar-refractivity contribution in [2.75, 3.05) is 0 Å². The molecule has 1 nitrogen and oxygen atoms in total. The summed E-state index contributed by atoms with van der Waals surface area (Å²) in [6.07, 6.45) is 2.69. The molecule has 14 heavy (non-hydrogen) atoms. The first kappa shape index (κ1) is 11.9. The second-order valence-electron chi connectivity index (χ2n) is 3.67. The molecule has 3 heteroatoms. The van der Waals surface area contributed by atoms with Gasteiger partial charge in [-0.1, -0.05) is 13.8 Å². The molecule has 1 aromatic rings. The molecule has 1 rings (SSSR count). The van der Waals surface area contributed by atoms with E-state index < -0.39 is 0 Å². The van der Waals surface area contributed by atoms with Crippen molar-refractivity contribution in [2.45, 2.75) is 33.1 Å². The van der Waals surface area contributed by atoms with E-state index in [0.717, 1.165) is 12.8 Å². The number of thiophene rings is 1. The number of halogens is 1. The summed E-state index contributed by atoms with van der Waals surface area (Å²) in [5.41, 5.74) is 0. The lowest BCUT2D eigenvalue weighted by Crippen LogP contribution is -2.06. The fraction of sp³-hybridized carbons (Fsp3) is 0.545. The number of hydrogen-bond donors (Lipinski definition) is 0. The van der Waals surface area contributed by atoms with E-state index in [2.05, 4.69) is 27.4 Å². The monoisotopic (exact) mass is 274 g/mol. The maximum atomic E-state index is 11.3. The first-order valence-electron chi connectivity index (χ1n) is 4.86. The predicted molar refractivity (Wildman–Crippen MR) is 64.8 cm³/mol. The molecule has 1 aromatic heterocycles. The molecular formula is C11H15BrOS. The number of ketones is 1. The SMILES string of the molecule is CC(C)C(=O)CCCc1sccc1Br. The third kappa shape index (κ3) is 3.54. The van der Waals surface area contributed by atoms with Crippen molar-refractivity contribution in [2.24, 2.45) is 5.92 Å².